The van der Waals surface area contributed by atoms with E-state index in [2.05, 4.69) is 6.58 Å². The van der Waals surface area contributed by atoms with E-state index < -0.39 is 23.6 Å². The fourth-order valence-electron chi connectivity index (χ4n) is 2.13. The molecule has 0 aromatic heterocycles. The Morgan fingerprint density at radius 1 is 1.39 bits per heavy atom. The number of carbonyl (C=O) groups is 1. The molecule has 2 nitrogen and oxygen atoms in total. The molecule has 1 heterocycles. The third-order valence-corrected chi connectivity index (χ3v) is 4.52. The number of aliphatic carboxylic acids is 1. The van der Waals surface area contributed by atoms with Crippen LogP contribution in [0.4, 0.5) is 13.2 Å². The molecule has 0 amide bonds. The third-order valence-electron chi connectivity index (χ3n) is 3.42. The molecule has 0 saturated carbocycles. The van der Waals surface area contributed by atoms with Crippen molar-refractivity contribution >= 4 is 17.7 Å². The predicted molar refractivity (Wildman–Crippen MR) is 88.4 cm³/mol. The Bertz CT molecular complexity index is 563. The Hall–Kier alpha value is -1.43. The molecule has 0 spiro atoms. The summed E-state index contributed by atoms with van der Waals surface area (Å²) in [6.45, 7) is 9.57. The fourth-order valence-corrected chi connectivity index (χ4v) is 3.26. The van der Waals surface area contributed by atoms with Crippen LogP contribution < -0.4 is 0 Å². The van der Waals surface area contributed by atoms with Crippen LogP contribution in [-0.2, 0) is 4.79 Å². The molecule has 0 fully saturated rings. The second kappa shape index (κ2) is 7.43. The van der Waals surface area contributed by atoms with Gasteiger partial charge in [0.05, 0.1) is 11.5 Å². The second-order valence-electron chi connectivity index (χ2n) is 6.34. The maximum absolute atomic E-state index is 13.1. The van der Waals surface area contributed by atoms with Crippen molar-refractivity contribution in [3.8, 4) is 0 Å². The van der Waals surface area contributed by atoms with E-state index in [1.807, 2.05) is 20.8 Å². The molecule has 1 aliphatic heterocycles. The summed E-state index contributed by atoms with van der Waals surface area (Å²) < 4.78 is 39.2. The zero-order valence-corrected chi connectivity index (χ0v) is 14.2. The summed E-state index contributed by atoms with van der Waals surface area (Å²) in [5, 5.41) is 9.18. The number of allylic oxidation sites excluding steroid dienone is 5. The van der Waals surface area contributed by atoms with Gasteiger partial charge in [-0.25, -0.2) is 4.79 Å². The van der Waals surface area contributed by atoms with Crippen LogP contribution in [0.2, 0.25) is 0 Å². The summed E-state index contributed by atoms with van der Waals surface area (Å²) in [5.41, 5.74) is 0.635. The molecule has 1 unspecified atom stereocenters. The first kappa shape index (κ1) is 19.6. The molecule has 0 radical (unpaired) electrons. The average molecular weight is 346 g/mol. The number of halogens is 3. The van der Waals surface area contributed by atoms with Gasteiger partial charge in [-0.1, -0.05) is 45.6 Å². The van der Waals surface area contributed by atoms with Crippen molar-refractivity contribution in [3.05, 3.63) is 47.6 Å². The van der Waals surface area contributed by atoms with E-state index in [4.69, 9.17) is 0 Å². The number of hydrogen-bond donors (Lipinski definition) is 1. The Kier molecular flexibility index (Phi) is 6.33. The zero-order valence-electron chi connectivity index (χ0n) is 13.4. The molecule has 0 aromatic carbocycles. The van der Waals surface area contributed by atoms with Crippen LogP contribution in [0, 0.1) is 11.3 Å². The molecule has 6 heteroatoms. The van der Waals surface area contributed by atoms with E-state index in [9.17, 15) is 23.1 Å². The molecular formula is C17H21F3O2S. The normalized spacial score (nSPS) is 22.5. The molecular weight excluding hydrogens is 325 g/mol. The van der Waals surface area contributed by atoms with E-state index in [1.54, 1.807) is 18.2 Å². The Morgan fingerprint density at radius 3 is 2.43 bits per heavy atom. The fraction of sp³-hybridized carbons (Fsp3) is 0.471. The van der Waals surface area contributed by atoms with Crippen LogP contribution in [0.5, 0.6) is 0 Å². The van der Waals surface area contributed by atoms with Gasteiger partial charge < -0.3 is 5.11 Å². The van der Waals surface area contributed by atoms with Gasteiger partial charge in [-0.15, -0.1) is 0 Å². The van der Waals surface area contributed by atoms with Crippen molar-refractivity contribution in [2.75, 3.05) is 11.5 Å². The van der Waals surface area contributed by atoms with Crippen LogP contribution in [-0.4, -0.2) is 28.8 Å². The molecule has 1 N–H and O–H groups in total. The van der Waals surface area contributed by atoms with Gasteiger partial charge in [0.1, 0.15) is 0 Å². The molecule has 0 bridgehead atoms. The number of carboxylic acid groups (broad SMARTS) is 1. The lowest BCUT2D eigenvalue weighted by atomic mass is 9.84. The first-order chi connectivity index (χ1) is 10.5. The molecule has 128 valence electrons. The van der Waals surface area contributed by atoms with Crippen molar-refractivity contribution in [1.29, 1.82) is 0 Å². The summed E-state index contributed by atoms with van der Waals surface area (Å²) in [6, 6.07) is 0. The van der Waals surface area contributed by atoms with Gasteiger partial charge in [0.15, 0.2) is 0 Å². The molecule has 1 aliphatic rings. The highest BCUT2D eigenvalue weighted by atomic mass is 32.2. The molecule has 1 rings (SSSR count). The predicted octanol–water partition coefficient (Wildman–Crippen LogP) is 5.01. The van der Waals surface area contributed by atoms with Crippen molar-refractivity contribution in [3.63, 3.8) is 0 Å². The molecule has 0 aliphatic carbocycles. The number of carboxylic acids is 1. The van der Waals surface area contributed by atoms with E-state index in [0.717, 1.165) is 17.3 Å². The van der Waals surface area contributed by atoms with Gasteiger partial charge in [0, 0.05) is 11.5 Å². The minimum Gasteiger partial charge on any atom is -0.478 e. The lowest BCUT2D eigenvalue weighted by molar-refractivity contribution is -0.164. The van der Waals surface area contributed by atoms with E-state index in [0.29, 0.717) is 11.3 Å². The largest absolute Gasteiger partial charge is 0.478 e. The first-order valence-corrected chi connectivity index (χ1v) is 8.25. The maximum atomic E-state index is 13.1. The maximum Gasteiger partial charge on any atom is 0.396 e. The minimum absolute atomic E-state index is 0.223. The van der Waals surface area contributed by atoms with Crippen LogP contribution >= 0.6 is 11.8 Å². The van der Waals surface area contributed by atoms with Crippen molar-refractivity contribution in [1.82, 2.24) is 0 Å². The number of rotatable bonds is 3. The van der Waals surface area contributed by atoms with E-state index in [1.165, 1.54) is 6.08 Å². The van der Waals surface area contributed by atoms with Gasteiger partial charge in [0.25, 0.3) is 0 Å². The first-order valence-electron chi connectivity index (χ1n) is 7.10. The summed E-state index contributed by atoms with van der Waals surface area (Å²) in [6.07, 6.45) is 1.77. The van der Waals surface area contributed by atoms with Crippen LogP contribution in [0.15, 0.2) is 47.6 Å². The SMILES string of the molecule is C=C/C=C(\C=C1\C=C(C(=O)O)C(C(F)(F)F)CSC1)C(C)(C)C. The van der Waals surface area contributed by atoms with Gasteiger partial charge in [0.2, 0.25) is 0 Å². The minimum atomic E-state index is -4.56. The lowest BCUT2D eigenvalue weighted by Crippen LogP contribution is -2.29. The highest BCUT2D eigenvalue weighted by molar-refractivity contribution is 7.99. The molecule has 0 aromatic rings. The third kappa shape index (κ3) is 5.61. The number of thioether (sulfide) groups is 1. The standard InChI is InChI=1S/C17H21F3O2S/c1-5-6-12(16(2,3)4)7-11-8-13(15(21)22)14(10-23-9-11)17(18,19)20/h5-8,14H,1,9-10H2,2-4H3,(H,21,22)/b11-7-,12-6+. The summed E-state index contributed by atoms with van der Waals surface area (Å²) >= 11 is 1.09. The molecule has 1 atom stereocenters. The molecule has 0 saturated heterocycles. The van der Waals surface area contributed by atoms with Crippen LogP contribution in [0.1, 0.15) is 20.8 Å². The van der Waals surface area contributed by atoms with Gasteiger partial charge in [-0.2, -0.15) is 24.9 Å². The van der Waals surface area contributed by atoms with Crippen LogP contribution in [0.25, 0.3) is 0 Å². The topological polar surface area (TPSA) is 37.3 Å². The Morgan fingerprint density at radius 2 is 2.00 bits per heavy atom. The lowest BCUT2D eigenvalue weighted by Gasteiger charge is -2.21. The van der Waals surface area contributed by atoms with Crippen molar-refractivity contribution in [2.45, 2.75) is 26.9 Å². The Balaban J connectivity index is 3.35. The quantitative estimate of drug-likeness (QED) is 0.730. The number of hydrogen-bond acceptors (Lipinski definition) is 2. The smallest absolute Gasteiger partial charge is 0.396 e. The van der Waals surface area contributed by atoms with E-state index >= 15 is 0 Å². The summed E-state index contributed by atoms with van der Waals surface area (Å²) in [4.78, 5) is 11.3. The van der Waals surface area contributed by atoms with Gasteiger partial charge in [-0.05, 0) is 22.6 Å². The number of alkyl halides is 3. The van der Waals surface area contributed by atoms with E-state index in [-0.39, 0.29) is 11.2 Å². The Labute approximate surface area is 138 Å². The molecule has 23 heavy (non-hydrogen) atoms. The van der Waals surface area contributed by atoms with Crippen molar-refractivity contribution < 1.29 is 23.1 Å². The van der Waals surface area contributed by atoms with Crippen molar-refractivity contribution in [2.24, 2.45) is 11.3 Å². The highest BCUT2D eigenvalue weighted by Crippen LogP contribution is 2.38. The van der Waals surface area contributed by atoms with Crippen LogP contribution in [0.3, 0.4) is 0 Å². The van der Waals surface area contributed by atoms with Gasteiger partial charge >= 0.3 is 12.1 Å². The monoisotopic (exact) mass is 346 g/mol. The average Bonchev–Trinajstić information content (AvgIpc) is 2.59. The zero-order chi connectivity index (χ0) is 17.8. The summed E-state index contributed by atoms with van der Waals surface area (Å²) in [5.74, 6) is -3.41. The highest BCUT2D eigenvalue weighted by Gasteiger charge is 2.44. The van der Waals surface area contributed by atoms with Gasteiger partial charge in [-0.3, -0.25) is 0 Å². The second-order valence-corrected chi connectivity index (χ2v) is 7.37. The summed E-state index contributed by atoms with van der Waals surface area (Å²) in [7, 11) is 0.